The van der Waals surface area contributed by atoms with Crippen LogP contribution in [-0.2, 0) is 4.74 Å². The lowest BCUT2D eigenvalue weighted by molar-refractivity contribution is 0.0642. The lowest BCUT2D eigenvalue weighted by Gasteiger charge is -2.00. The van der Waals surface area contributed by atoms with Crippen LogP contribution in [0.2, 0.25) is 0 Å². The maximum absolute atomic E-state index is 8.79. The van der Waals surface area contributed by atoms with E-state index < -0.39 is 12.2 Å². The van der Waals surface area contributed by atoms with Gasteiger partial charge in [-0.05, 0) is 0 Å². The summed E-state index contributed by atoms with van der Waals surface area (Å²) in [5, 5.41) is 17.5. The first kappa shape index (κ1) is 5.59. The van der Waals surface area contributed by atoms with E-state index >= 15 is 0 Å². The van der Waals surface area contributed by atoms with Crippen LogP contribution in [0.5, 0.6) is 0 Å². The van der Waals surface area contributed by atoms with E-state index in [1.807, 2.05) is 0 Å². The monoisotopic (exact) mass is 116 g/mol. The van der Waals surface area contributed by atoms with E-state index in [-0.39, 0.29) is 12.4 Å². The molecule has 0 aromatic rings. The summed E-state index contributed by atoms with van der Waals surface area (Å²) in [7, 11) is 0. The van der Waals surface area contributed by atoms with Crippen LogP contribution in [0.25, 0.3) is 0 Å². The van der Waals surface area contributed by atoms with E-state index in [4.69, 9.17) is 10.2 Å². The van der Waals surface area contributed by atoms with Crippen LogP contribution >= 0.6 is 0 Å². The Balaban J connectivity index is 2.56. The molecule has 0 aromatic carbocycles. The first-order valence-corrected chi connectivity index (χ1v) is 2.39. The van der Waals surface area contributed by atoms with Gasteiger partial charge in [-0.1, -0.05) is 6.58 Å². The van der Waals surface area contributed by atoms with Crippen molar-refractivity contribution in [2.45, 2.75) is 12.2 Å². The number of hydrogen-bond donors (Lipinski definition) is 2. The van der Waals surface area contributed by atoms with Crippen LogP contribution < -0.4 is 0 Å². The van der Waals surface area contributed by atoms with Gasteiger partial charge in [0.2, 0.25) is 0 Å². The lowest BCUT2D eigenvalue weighted by atomic mass is 10.2. The zero-order valence-electron chi connectivity index (χ0n) is 4.37. The molecule has 2 unspecified atom stereocenters. The quantitative estimate of drug-likeness (QED) is 0.438. The highest BCUT2D eigenvalue weighted by Gasteiger charge is 2.27. The lowest BCUT2D eigenvalue weighted by Crippen LogP contribution is -2.21. The number of hydrogen-bond acceptors (Lipinski definition) is 3. The van der Waals surface area contributed by atoms with Crippen molar-refractivity contribution in [2.75, 3.05) is 6.61 Å². The third kappa shape index (κ3) is 0.700. The summed E-state index contributed by atoms with van der Waals surface area (Å²) in [5.41, 5.74) is 0. The predicted octanol–water partition coefficient (Wildman–Crippen LogP) is -0.748. The Bertz CT molecular complexity index is 110. The summed E-state index contributed by atoms with van der Waals surface area (Å²) >= 11 is 0. The van der Waals surface area contributed by atoms with Crippen LogP contribution in [0, 0.1) is 0 Å². The van der Waals surface area contributed by atoms with E-state index in [0.29, 0.717) is 0 Å². The Kier molecular flexibility index (Phi) is 1.23. The third-order valence-corrected chi connectivity index (χ3v) is 1.13. The van der Waals surface area contributed by atoms with Gasteiger partial charge in [-0.2, -0.15) is 0 Å². The van der Waals surface area contributed by atoms with E-state index in [9.17, 15) is 0 Å². The first-order valence-electron chi connectivity index (χ1n) is 2.39. The molecule has 1 rings (SSSR count). The second-order valence-corrected chi connectivity index (χ2v) is 1.79. The fourth-order valence-electron chi connectivity index (χ4n) is 0.584. The molecule has 1 fully saturated rings. The maximum atomic E-state index is 8.79. The van der Waals surface area contributed by atoms with Gasteiger partial charge in [0.05, 0.1) is 0 Å². The average Bonchev–Trinajstić information content (AvgIpc) is 1.98. The smallest absolute Gasteiger partial charge is 0.139 e. The highest BCUT2D eigenvalue weighted by molar-refractivity contribution is 5.00. The van der Waals surface area contributed by atoms with Gasteiger partial charge < -0.3 is 14.9 Å². The molecule has 8 heavy (non-hydrogen) atoms. The second-order valence-electron chi connectivity index (χ2n) is 1.79. The predicted molar refractivity (Wildman–Crippen MR) is 27.1 cm³/mol. The van der Waals surface area contributed by atoms with Gasteiger partial charge in [-0.15, -0.1) is 0 Å². The SMILES string of the molecule is C=C1OCC(O)C1O. The maximum Gasteiger partial charge on any atom is 0.139 e. The Morgan fingerprint density at radius 1 is 1.62 bits per heavy atom. The summed E-state index contributed by atoms with van der Waals surface area (Å²) in [6.07, 6.45) is -1.66. The number of rotatable bonds is 0. The average molecular weight is 116 g/mol. The largest absolute Gasteiger partial charge is 0.493 e. The Morgan fingerprint density at radius 2 is 2.25 bits per heavy atom. The molecule has 1 saturated heterocycles. The molecule has 3 heteroatoms. The van der Waals surface area contributed by atoms with Gasteiger partial charge >= 0.3 is 0 Å². The topological polar surface area (TPSA) is 49.7 Å². The van der Waals surface area contributed by atoms with Gasteiger partial charge in [-0.3, -0.25) is 0 Å². The van der Waals surface area contributed by atoms with Crippen LogP contribution in [0.4, 0.5) is 0 Å². The zero-order chi connectivity index (χ0) is 6.15. The molecule has 2 atom stereocenters. The third-order valence-electron chi connectivity index (χ3n) is 1.13. The van der Waals surface area contributed by atoms with E-state index in [0.717, 1.165) is 0 Å². The molecule has 1 aliphatic heterocycles. The minimum absolute atomic E-state index is 0.167. The summed E-state index contributed by atoms with van der Waals surface area (Å²) in [6.45, 7) is 3.52. The summed E-state index contributed by atoms with van der Waals surface area (Å²) in [5.74, 6) is 0.262. The van der Waals surface area contributed by atoms with Crippen molar-refractivity contribution in [3.63, 3.8) is 0 Å². The first-order chi connectivity index (χ1) is 3.72. The van der Waals surface area contributed by atoms with Gasteiger partial charge in [0.1, 0.15) is 24.6 Å². The number of aliphatic hydroxyl groups is 2. The summed E-state index contributed by atoms with van der Waals surface area (Å²) in [6, 6.07) is 0. The minimum atomic E-state index is -0.880. The van der Waals surface area contributed by atoms with Crippen molar-refractivity contribution < 1.29 is 14.9 Å². The standard InChI is InChI=1S/C5H8O3/c1-3-5(7)4(6)2-8-3/h4-7H,1-2H2. The molecule has 46 valence electrons. The van der Waals surface area contributed by atoms with Crippen LogP contribution in [0.1, 0.15) is 0 Å². The number of aliphatic hydroxyl groups excluding tert-OH is 2. The van der Waals surface area contributed by atoms with E-state index in [2.05, 4.69) is 11.3 Å². The zero-order valence-corrected chi connectivity index (χ0v) is 4.37. The van der Waals surface area contributed by atoms with Crippen LogP contribution in [-0.4, -0.2) is 29.0 Å². The summed E-state index contributed by atoms with van der Waals surface area (Å²) < 4.78 is 4.68. The van der Waals surface area contributed by atoms with Gasteiger partial charge in [0.15, 0.2) is 0 Å². The minimum Gasteiger partial charge on any atom is -0.493 e. The molecule has 0 bridgehead atoms. The van der Waals surface area contributed by atoms with Gasteiger partial charge in [0, 0.05) is 0 Å². The molecule has 0 amide bonds. The molecule has 2 N–H and O–H groups in total. The molecular formula is C5H8O3. The van der Waals surface area contributed by atoms with Crippen molar-refractivity contribution in [3.05, 3.63) is 12.3 Å². The molecule has 0 spiro atoms. The van der Waals surface area contributed by atoms with Crippen molar-refractivity contribution in [1.29, 1.82) is 0 Å². The van der Waals surface area contributed by atoms with Crippen molar-refractivity contribution >= 4 is 0 Å². The molecule has 1 heterocycles. The van der Waals surface area contributed by atoms with Crippen LogP contribution in [0.15, 0.2) is 12.3 Å². The fourth-order valence-corrected chi connectivity index (χ4v) is 0.584. The van der Waals surface area contributed by atoms with E-state index in [1.165, 1.54) is 0 Å². The summed E-state index contributed by atoms with van der Waals surface area (Å²) in [4.78, 5) is 0. The van der Waals surface area contributed by atoms with E-state index in [1.54, 1.807) is 0 Å². The van der Waals surface area contributed by atoms with Crippen molar-refractivity contribution in [1.82, 2.24) is 0 Å². The molecule has 0 radical (unpaired) electrons. The Hall–Kier alpha value is -0.540. The highest BCUT2D eigenvalue weighted by atomic mass is 16.5. The van der Waals surface area contributed by atoms with Gasteiger partial charge in [-0.25, -0.2) is 0 Å². The molecule has 3 nitrogen and oxygen atoms in total. The van der Waals surface area contributed by atoms with Crippen LogP contribution in [0.3, 0.4) is 0 Å². The Morgan fingerprint density at radius 3 is 2.38 bits per heavy atom. The molecule has 1 aliphatic rings. The molecule has 0 aliphatic carbocycles. The number of ether oxygens (including phenoxy) is 1. The normalized spacial score (nSPS) is 37.5. The van der Waals surface area contributed by atoms with Gasteiger partial charge in [0.25, 0.3) is 0 Å². The molecule has 0 aromatic heterocycles. The molecule has 0 saturated carbocycles. The Labute approximate surface area is 47.2 Å². The highest BCUT2D eigenvalue weighted by Crippen LogP contribution is 2.14. The molecular weight excluding hydrogens is 108 g/mol. The fraction of sp³-hybridized carbons (Fsp3) is 0.600. The van der Waals surface area contributed by atoms with Crippen molar-refractivity contribution in [3.8, 4) is 0 Å². The second kappa shape index (κ2) is 1.76. The van der Waals surface area contributed by atoms with Crippen molar-refractivity contribution in [2.24, 2.45) is 0 Å².